The van der Waals surface area contributed by atoms with Crippen LogP contribution in [0.15, 0.2) is 0 Å². The molecule has 19 heavy (non-hydrogen) atoms. The summed E-state index contributed by atoms with van der Waals surface area (Å²) in [7, 11) is 0. The molecule has 0 aromatic rings. The van der Waals surface area contributed by atoms with Crippen molar-refractivity contribution in [3.05, 3.63) is 0 Å². The lowest BCUT2D eigenvalue weighted by atomic mass is 10.1. The summed E-state index contributed by atoms with van der Waals surface area (Å²) in [4.78, 5) is 13.0. The summed E-state index contributed by atoms with van der Waals surface area (Å²) < 4.78 is 47.1. The van der Waals surface area contributed by atoms with Crippen LogP contribution in [-0.4, -0.2) is 62.2 Å². The van der Waals surface area contributed by atoms with Crippen molar-refractivity contribution in [2.75, 3.05) is 32.8 Å². The van der Waals surface area contributed by atoms with E-state index in [2.05, 4.69) is 0 Å². The standard InChI is InChI=1S/C11H17F3N2O3/c12-11(13,14)7-15-10(17)16-3-5-19-9(6-16)8-2-1-4-18-8/h8-9H,1-7H2,(H,15,17)/t8-,9+/m1/s1. The first-order valence-electron chi connectivity index (χ1n) is 6.28. The van der Waals surface area contributed by atoms with E-state index in [4.69, 9.17) is 9.47 Å². The van der Waals surface area contributed by atoms with Crippen molar-refractivity contribution in [3.8, 4) is 0 Å². The van der Waals surface area contributed by atoms with Crippen LogP contribution in [-0.2, 0) is 9.47 Å². The highest BCUT2D eigenvalue weighted by Crippen LogP contribution is 2.21. The molecule has 0 bridgehead atoms. The van der Waals surface area contributed by atoms with Crippen LogP contribution < -0.4 is 5.32 Å². The molecule has 5 nitrogen and oxygen atoms in total. The minimum atomic E-state index is -4.39. The second kappa shape index (κ2) is 5.96. The Labute approximate surface area is 109 Å². The smallest absolute Gasteiger partial charge is 0.375 e. The molecule has 0 aromatic carbocycles. The lowest BCUT2D eigenvalue weighted by Gasteiger charge is -2.35. The number of carbonyl (C=O) groups excluding carboxylic acids is 1. The number of alkyl halides is 3. The van der Waals surface area contributed by atoms with Gasteiger partial charge in [0.15, 0.2) is 0 Å². The summed E-state index contributed by atoms with van der Waals surface area (Å²) in [6.45, 7) is 0.254. The molecule has 0 aromatic heterocycles. The first-order chi connectivity index (χ1) is 8.96. The third kappa shape index (κ3) is 4.24. The topological polar surface area (TPSA) is 50.8 Å². The minimum Gasteiger partial charge on any atom is -0.375 e. The van der Waals surface area contributed by atoms with E-state index in [1.807, 2.05) is 5.32 Å². The fraction of sp³-hybridized carbons (Fsp3) is 0.909. The number of urea groups is 1. The molecule has 1 N–H and O–H groups in total. The largest absolute Gasteiger partial charge is 0.405 e. The molecule has 2 rings (SSSR count). The average Bonchev–Trinajstić information content (AvgIpc) is 2.89. The number of nitrogens with zero attached hydrogens (tertiary/aromatic N) is 1. The van der Waals surface area contributed by atoms with Crippen LogP contribution in [0.5, 0.6) is 0 Å². The van der Waals surface area contributed by atoms with Crippen LogP contribution >= 0.6 is 0 Å². The quantitative estimate of drug-likeness (QED) is 0.826. The molecule has 0 radical (unpaired) electrons. The number of amides is 2. The number of carbonyl (C=O) groups is 1. The molecular formula is C11H17F3N2O3. The van der Waals surface area contributed by atoms with Gasteiger partial charge in [0.1, 0.15) is 12.6 Å². The van der Waals surface area contributed by atoms with Crippen LogP contribution in [0.3, 0.4) is 0 Å². The van der Waals surface area contributed by atoms with Gasteiger partial charge in [0.25, 0.3) is 0 Å². The van der Waals surface area contributed by atoms with Crippen LogP contribution in [0, 0.1) is 0 Å². The van der Waals surface area contributed by atoms with E-state index in [0.29, 0.717) is 19.8 Å². The Kier molecular flexibility index (Phi) is 4.51. The molecule has 0 aliphatic carbocycles. The first-order valence-corrected chi connectivity index (χ1v) is 6.28. The highest BCUT2D eigenvalue weighted by atomic mass is 19.4. The van der Waals surface area contributed by atoms with Gasteiger partial charge < -0.3 is 19.7 Å². The van der Waals surface area contributed by atoms with E-state index in [0.717, 1.165) is 12.8 Å². The summed E-state index contributed by atoms with van der Waals surface area (Å²) in [5, 5.41) is 1.87. The Morgan fingerprint density at radius 2 is 2.00 bits per heavy atom. The Hall–Kier alpha value is -1.02. The third-order valence-corrected chi connectivity index (χ3v) is 3.20. The second-order valence-electron chi connectivity index (χ2n) is 4.68. The number of ether oxygens (including phenoxy) is 2. The van der Waals surface area contributed by atoms with Crippen molar-refractivity contribution in [3.63, 3.8) is 0 Å². The lowest BCUT2D eigenvalue weighted by molar-refractivity contribution is -0.124. The molecule has 0 unspecified atom stereocenters. The van der Waals surface area contributed by atoms with Crippen LogP contribution in [0.2, 0.25) is 0 Å². The van der Waals surface area contributed by atoms with Crippen molar-refractivity contribution >= 4 is 6.03 Å². The maximum absolute atomic E-state index is 12.0. The predicted molar refractivity (Wildman–Crippen MR) is 59.7 cm³/mol. The zero-order chi connectivity index (χ0) is 13.9. The summed E-state index contributed by atoms with van der Waals surface area (Å²) in [6.07, 6.45) is -2.88. The molecule has 2 amide bonds. The third-order valence-electron chi connectivity index (χ3n) is 3.20. The zero-order valence-corrected chi connectivity index (χ0v) is 10.4. The van der Waals surface area contributed by atoms with E-state index in [1.165, 1.54) is 4.90 Å². The molecule has 2 heterocycles. The van der Waals surface area contributed by atoms with Crippen molar-refractivity contribution in [2.45, 2.75) is 31.2 Å². The predicted octanol–water partition coefficient (Wildman–Crippen LogP) is 1.14. The highest BCUT2D eigenvalue weighted by Gasteiger charge is 2.34. The summed E-state index contributed by atoms with van der Waals surface area (Å²) >= 11 is 0. The number of nitrogens with one attached hydrogen (secondary N) is 1. The van der Waals surface area contributed by atoms with Crippen LogP contribution in [0.1, 0.15) is 12.8 Å². The Morgan fingerprint density at radius 3 is 2.63 bits per heavy atom. The summed E-state index contributed by atoms with van der Waals surface area (Å²) in [6, 6.07) is -0.705. The van der Waals surface area contributed by atoms with Gasteiger partial charge in [0.2, 0.25) is 0 Å². The van der Waals surface area contributed by atoms with Gasteiger partial charge in [-0.1, -0.05) is 0 Å². The van der Waals surface area contributed by atoms with E-state index < -0.39 is 18.8 Å². The van der Waals surface area contributed by atoms with Crippen molar-refractivity contribution in [2.24, 2.45) is 0 Å². The van der Waals surface area contributed by atoms with Gasteiger partial charge >= 0.3 is 12.2 Å². The van der Waals surface area contributed by atoms with Gasteiger partial charge in [-0.15, -0.1) is 0 Å². The van der Waals surface area contributed by atoms with E-state index in [1.54, 1.807) is 0 Å². The summed E-state index contributed by atoms with van der Waals surface area (Å²) in [5.41, 5.74) is 0. The number of hydrogen-bond acceptors (Lipinski definition) is 3. The number of morpholine rings is 1. The molecular weight excluding hydrogens is 265 g/mol. The molecule has 2 saturated heterocycles. The average molecular weight is 282 g/mol. The fourth-order valence-electron chi connectivity index (χ4n) is 2.27. The molecule has 2 aliphatic rings. The Bertz CT molecular complexity index is 319. The molecule has 8 heteroatoms. The SMILES string of the molecule is O=C(NCC(F)(F)F)N1CCO[C@H]([C@H]2CCCO2)C1. The van der Waals surface area contributed by atoms with Crippen LogP contribution in [0.4, 0.5) is 18.0 Å². The molecule has 0 saturated carbocycles. The Balaban J connectivity index is 1.81. The number of halogens is 3. The normalized spacial score (nSPS) is 28.5. The van der Waals surface area contributed by atoms with Gasteiger partial charge in [0.05, 0.1) is 19.3 Å². The van der Waals surface area contributed by atoms with Gasteiger partial charge in [-0.05, 0) is 12.8 Å². The number of hydrogen-bond donors (Lipinski definition) is 1. The first kappa shape index (κ1) is 14.4. The van der Waals surface area contributed by atoms with E-state index >= 15 is 0 Å². The maximum atomic E-state index is 12.0. The Morgan fingerprint density at radius 1 is 1.26 bits per heavy atom. The van der Waals surface area contributed by atoms with Crippen molar-refractivity contribution in [1.82, 2.24) is 10.2 Å². The number of rotatable bonds is 2. The zero-order valence-electron chi connectivity index (χ0n) is 10.4. The monoisotopic (exact) mass is 282 g/mol. The molecule has 2 fully saturated rings. The van der Waals surface area contributed by atoms with Crippen molar-refractivity contribution in [1.29, 1.82) is 0 Å². The lowest BCUT2D eigenvalue weighted by Crippen LogP contribution is -2.53. The summed E-state index contributed by atoms with van der Waals surface area (Å²) in [5.74, 6) is 0. The van der Waals surface area contributed by atoms with Crippen molar-refractivity contribution < 1.29 is 27.4 Å². The molecule has 2 atom stereocenters. The van der Waals surface area contributed by atoms with Crippen LogP contribution in [0.25, 0.3) is 0 Å². The molecule has 110 valence electrons. The van der Waals surface area contributed by atoms with E-state index in [9.17, 15) is 18.0 Å². The molecule has 2 aliphatic heterocycles. The minimum absolute atomic E-state index is 0.0572. The maximum Gasteiger partial charge on any atom is 0.405 e. The fourth-order valence-corrected chi connectivity index (χ4v) is 2.27. The van der Waals surface area contributed by atoms with Gasteiger partial charge in [-0.2, -0.15) is 13.2 Å². The van der Waals surface area contributed by atoms with Gasteiger partial charge in [-0.25, -0.2) is 4.79 Å². The second-order valence-corrected chi connectivity index (χ2v) is 4.68. The molecule has 0 spiro atoms. The van der Waals surface area contributed by atoms with Gasteiger partial charge in [0, 0.05) is 13.2 Å². The highest BCUT2D eigenvalue weighted by molar-refractivity contribution is 5.74. The van der Waals surface area contributed by atoms with E-state index in [-0.39, 0.29) is 18.8 Å². The van der Waals surface area contributed by atoms with Gasteiger partial charge in [-0.3, -0.25) is 0 Å².